The summed E-state index contributed by atoms with van der Waals surface area (Å²) >= 11 is 0. The molecule has 0 atom stereocenters. The van der Waals surface area contributed by atoms with Crippen molar-refractivity contribution in [2.24, 2.45) is 5.92 Å². The van der Waals surface area contributed by atoms with Crippen molar-refractivity contribution in [3.8, 4) is 5.75 Å². The Hall–Kier alpha value is -2.37. The standard InChI is InChI=1S/C21H19F7O4/c1-2-29-8-11-9-30-20(31-10-11)12-3-17(25)19(18(26)4-12)21(27,28)32-13-5-15(23)14(7-22)16(24)6-13/h3-6,11,20H,2,7-10H2,1H3. The van der Waals surface area contributed by atoms with Gasteiger partial charge in [0.05, 0.1) is 25.4 Å². The van der Waals surface area contributed by atoms with E-state index in [9.17, 15) is 30.7 Å². The fraction of sp³-hybridized carbons (Fsp3) is 0.429. The molecule has 0 amide bonds. The van der Waals surface area contributed by atoms with E-state index >= 15 is 0 Å². The van der Waals surface area contributed by atoms with Gasteiger partial charge in [-0.1, -0.05) is 0 Å². The second kappa shape index (κ2) is 10.1. The van der Waals surface area contributed by atoms with Gasteiger partial charge in [0.2, 0.25) is 0 Å². The first-order chi connectivity index (χ1) is 15.2. The van der Waals surface area contributed by atoms with Crippen molar-refractivity contribution in [3.63, 3.8) is 0 Å². The maximum Gasteiger partial charge on any atom is 0.432 e. The largest absolute Gasteiger partial charge is 0.432 e. The Morgan fingerprint density at radius 1 is 0.938 bits per heavy atom. The molecular formula is C21H19F7O4. The smallest absolute Gasteiger partial charge is 0.429 e. The fourth-order valence-corrected chi connectivity index (χ4v) is 3.09. The number of hydrogen-bond acceptors (Lipinski definition) is 4. The lowest BCUT2D eigenvalue weighted by Crippen LogP contribution is -2.31. The molecule has 0 N–H and O–H groups in total. The summed E-state index contributed by atoms with van der Waals surface area (Å²) in [5.74, 6) is -7.51. The molecule has 176 valence electrons. The van der Waals surface area contributed by atoms with E-state index in [1.165, 1.54) is 0 Å². The van der Waals surface area contributed by atoms with Crippen molar-refractivity contribution in [2.75, 3.05) is 26.4 Å². The van der Waals surface area contributed by atoms with Crippen LogP contribution in [-0.4, -0.2) is 26.4 Å². The minimum Gasteiger partial charge on any atom is -0.429 e. The van der Waals surface area contributed by atoms with Crippen molar-refractivity contribution in [1.29, 1.82) is 0 Å². The summed E-state index contributed by atoms with van der Waals surface area (Å²) in [7, 11) is 0. The Morgan fingerprint density at radius 2 is 1.50 bits per heavy atom. The lowest BCUT2D eigenvalue weighted by Gasteiger charge is -2.30. The van der Waals surface area contributed by atoms with E-state index in [1.54, 1.807) is 0 Å². The van der Waals surface area contributed by atoms with Gasteiger partial charge in [-0.3, -0.25) is 0 Å². The molecule has 4 nitrogen and oxygen atoms in total. The van der Waals surface area contributed by atoms with Crippen LogP contribution in [0.3, 0.4) is 0 Å². The second-order valence-corrected chi connectivity index (χ2v) is 7.00. The van der Waals surface area contributed by atoms with Gasteiger partial charge in [0.25, 0.3) is 0 Å². The molecule has 1 aliphatic rings. The van der Waals surface area contributed by atoms with Crippen LogP contribution in [0, 0.1) is 29.2 Å². The van der Waals surface area contributed by atoms with Crippen molar-refractivity contribution in [1.82, 2.24) is 0 Å². The van der Waals surface area contributed by atoms with Crippen LogP contribution >= 0.6 is 0 Å². The highest BCUT2D eigenvalue weighted by molar-refractivity contribution is 5.33. The van der Waals surface area contributed by atoms with E-state index in [2.05, 4.69) is 4.74 Å². The lowest BCUT2D eigenvalue weighted by molar-refractivity contribution is -0.212. The van der Waals surface area contributed by atoms with Crippen molar-refractivity contribution >= 4 is 0 Å². The number of alkyl halides is 3. The Kier molecular flexibility index (Phi) is 7.63. The highest BCUT2D eigenvalue weighted by Crippen LogP contribution is 2.38. The maximum absolute atomic E-state index is 14.5. The Labute approximate surface area is 178 Å². The topological polar surface area (TPSA) is 36.9 Å². The van der Waals surface area contributed by atoms with Crippen LogP contribution in [-0.2, 0) is 27.0 Å². The van der Waals surface area contributed by atoms with Gasteiger partial charge in [0.15, 0.2) is 6.29 Å². The quantitative estimate of drug-likeness (QED) is 0.477. The molecule has 1 aliphatic heterocycles. The Morgan fingerprint density at radius 3 is 2.00 bits per heavy atom. The molecule has 3 rings (SSSR count). The highest BCUT2D eigenvalue weighted by Gasteiger charge is 2.42. The lowest BCUT2D eigenvalue weighted by atomic mass is 10.1. The average Bonchev–Trinajstić information content (AvgIpc) is 2.71. The SMILES string of the molecule is CCOCC1COC(c2cc(F)c(C(F)(F)Oc3cc(F)c(CF)c(F)c3)c(F)c2)OC1. The van der Waals surface area contributed by atoms with Crippen LogP contribution in [0.15, 0.2) is 24.3 Å². The van der Waals surface area contributed by atoms with Gasteiger partial charge < -0.3 is 18.9 Å². The molecule has 1 fully saturated rings. The summed E-state index contributed by atoms with van der Waals surface area (Å²) in [6.07, 6.45) is -5.82. The number of hydrogen-bond donors (Lipinski definition) is 0. The summed E-state index contributed by atoms with van der Waals surface area (Å²) in [5, 5.41) is 0. The zero-order chi connectivity index (χ0) is 23.5. The van der Waals surface area contributed by atoms with Crippen LogP contribution in [0.1, 0.15) is 29.9 Å². The summed E-state index contributed by atoms with van der Waals surface area (Å²) in [5.41, 5.74) is -2.95. The summed E-state index contributed by atoms with van der Waals surface area (Å²) in [6.45, 7) is 1.49. The third-order valence-electron chi connectivity index (χ3n) is 4.65. The number of halogens is 7. The number of benzene rings is 2. The molecule has 0 radical (unpaired) electrons. The summed E-state index contributed by atoms with van der Waals surface area (Å²) in [6, 6.07) is 1.77. The van der Waals surface area contributed by atoms with Crippen molar-refractivity contribution in [3.05, 3.63) is 64.2 Å². The molecular weight excluding hydrogens is 449 g/mol. The van der Waals surface area contributed by atoms with E-state index in [-0.39, 0.29) is 24.7 Å². The van der Waals surface area contributed by atoms with E-state index in [1.807, 2.05) is 6.92 Å². The molecule has 0 unspecified atom stereocenters. The molecule has 0 spiro atoms. The molecule has 0 aromatic heterocycles. The fourth-order valence-electron chi connectivity index (χ4n) is 3.09. The van der Waals surface area contributed by atoms with Gasteiger partial charge in [0, 0.05) is 30.2 Å². The molecule has 0 saturated carbocycles. The van der Waals surface area contributed by atoms with E-state index in [4.69, 9.17) is 14.2 Å². The average molecular weight is 468 g/mol. The monoisotopic (exact) mass is 468 g/mol. The highest BCUT2D eigenvalue weighted by atomic mass is 19.3. The predicted octanol–water partition coefficient (Wildman–Crippen LogP) is 5.54. The van der Waals surface area contributed by atoms with Crippen LogP contribution in [0.5, 0.6) is 5.75 Å². The van der Waals surface area contributed by atoms with Crippen LogP contribution in [0.25, 0.3) is 0 Å². The third kappa shape index (κ3) is 5.33. The Bertz CT molecular complexity index is 900. The molecule has 11 heteroatoms. The maximum atomic E-state index is 14.5. The zero-order valence-corrected chi connectivity index (χ0v) is 16.8. The zero-order valence-electron chi connectivity index (χ0n) is 16.8. The first-order valence-corrected chi connectivity index (χ1v) is 9.57. The third-order valence-corrected chi connectivity index (χ3v) is 4.65. The second-order valence-electron chi connectivity index (χ2n) is 7.00. The number of rotatable bonds is 8. The van der Waals surface area contributed by atoms with Gasteiger partial charge in [0.1, 0.15) is 41.3 Å². The van der Waals surface area contributed by atoms with Crippen LogP contribution < -0.4 is 4.74 Å². The minimum atomic E-state index is -4.64. The molecule has 0 bridgehead atoms. The van der Waals surface area contributed by atoms with Gasteiger partial charge in [-0.2, -0.15) is 8.78 Å². The molecule has 2 aromatic rings. The van der Waals surface area contributed by atoms with Crippen LogP contribution in [0.4, 0.5) is 30.7 Å². The van der Waals surface area contributed by atoms with Crippen molar-refractivity contribution in [2.45, 2.75) is 26.0 Å². The first kappa shape index (κ1) is 24.3. The predicted molar refractivity (Wildman–Crippen MR) is 96.7 cm³/mol. The molecule has 2 aromatic carbocycles. The normalized spacial score (nSPS) is 19.2. The molecule has 0 aliphatic carbocycles. The van der Waals surface area contributed by atoms with E-state index < -0.39 is 59.2 Å². The van der Waals surface area contributed by atoms with E-state index in [0.29, 0.717) is 37.5 Å². The van der Waals surface area contributed by atoms with Gasteiger partial charge in [-0.25, -0.2) is 22.0 Å². The first-order valence-electron chi connectivity index (χ1n) is 9.57. The summed E-state index contributed by atoms with van der Waals surface area (Å²) < 4.78 is 118. The molecule has 1 saturated heterocycles. The Balaban J connectivity index is 1.78. The summed E-state index contributed by atoms with van der Waals surface area (Å²) in [4.78, 5) is 0. The van der Waals surface area contributed by atoms with E-state index in [0.717, 1.165) is 0 Å². The van der Waals surface area contributed by atoms with Gasteiger partial charge >= 0.3 is 6.11 Å². The van der Waals surface area contributed by atoms with Gasteiger partial charge in [-0.15, -0.1) is 0 Å². The molecule has 32 heavy (non-hydrogen) atoms. The van der Waals surface area contributed by atoms with Crippen molar-refractivity contribution < 1.29 is 49.7 Å². The van der Waals surface area contributed by atoms with Gasteiger partial charge in [-0.05, 0) is 19.1 Å². The molecule has 1 heterocycles. The number of ether oxygens (including phenoxy) is 4. The van der Waals surface area contributed by atoms with Crippen LogP contribution in [0.2, 0.25) is 0 Å². The minimum absolute atomic E-state index is 0.0949.